The second-order valence-corrected chi connectivity index (χ2v) is 3.87. The number of pyridine rings is 2. The lowest BCUT2D eigenvalue weighted by Crippen LogP contribution is -1.92. The molecule has 2 rings (SSSR count). The van der Waals surface area contributed by atoms with Crippen LogP contribution in [0.2, 0.25) is 5.02 Å². The van der Waals surface area contributed by atoms with E-state index in [0.29, 0.717) is 10.8 Å². The van der Waals surface area contributed by atoms with Crippen LogP contribution in [0.3, 0.4) is 0 Å². The van der Waals surface area contributed by atoms with Crippen LogP contribution < -0.4 is 5.73 Å². The first-order chi connectivity index (χ1) is 6.16. The highest BCUT2D eigenvalue weighted by molar-refractivity contribution is 9.10. The molecule has 0 aliphatic carbocycles. The van der Waals surface area contributed by atoms with Gasteiger partial charge in [-0.2, -0.15) is 0 Å². The molecular formula is C8H5BrClN3. The maximum absolute atomic E-state index is 5.79. The van der Waals surface area contributed by atoms with E-state index in [-0.39, 0.29) is 0 Å². The average Bonchev–Trinajstić information content (AvgIpc) is 2.08. The molecule has 0 aliphatic heterocycles. The summed E-state index contributed by atoms with van der Waals surface area (Å²) in [5.41, 5.74) is 7.02. The van der Waals surface area contributed by atoms with Gasteiger partial charge in [-0.1, -0.05) is 11.6 Å². The van der Waals surface area contributed by atoms with E-state index in [1.165, 1.54) is 0 Å². The van der Waals surface area contributed by atoms with Crippen LogP contribution in [0.15, 0.2) is 22.8 Å². The van der Waals surface area contributed by atoms with E-state index in [1.54, 1.807) is 12.3 Å². The molecule has 0 aliphatic rings. The molecule has 66 valence electrons. The largest absolute Gasteiger partial charge is 0.382 e. The van der Waals surface area contributed by atoms with Crippen LogP contribution in [0.25, 0.3) is 11.0 Å². The van der Waals surface area contributed by atoms with Crippen molar-refractivity contribution in [2.24, 2.45) is 0 Å². The molecule has 2 N–H and O–H groups in total. The summed E-state index contributed by atoms with van der Waals surface area (Å²) >= 11 is 9.09. The number of nitrogens with zero attached hydrogens (tertiary/aromatic N) is 2. The molecule has 0 aromatic carbocycles. The molecule has 0 radical (unpaired) electrons. The van der Waals surface area contributed by atoms with Crippen molar-refractivity contribution >= 4 is 44.4 Å². The van der Waals surface area contributed by atoms with Gasteiger partial charge in [0.15, 0.2) is 0 Å². The number of nitrogens with two attached hydrogens (primary N) is 1. The van der Waals surface area contributed by atoms with Gasteiger partial charge in [-0.3, -0.25) is 4.98 Å². The Balaban J connectivity index is 2.81. The first-order valence-electron chi connectivity index (χ1n) is 3.54. The summed E-state index contributed by atoms with van der Waals surface area (Å²) in [4.78, 5) is 8.22. The Kier molecular flexibility index (Phi) is 2.09. The fourth-order valence-corrected chi connectivity index (χ4v) is 1.48. The third-order valence-corrected chi connectivity index (χ3v) is 2.35. The van der Waals surface area contributed by atoms with Gasteiger partial charge in [-0.15, -0.1) is 0 Å². The van der Waals surface area contributed by atoms with Crippen molar-refractivity contribution in [3.63, 3.8) is 0 Å². The monoisotopic (exact) mass is 257 g/mol. The minimum atomic E-state index is 0.328. The van der Waals surface area contributed by atoms with Gasteiger partial charge in [-0.05, 0) is 28.1 Å². The predicted molar refractivity (Wildman–Crippen MR) is 56.7 cm³/mol. The molecule has 2 aromatic heterocycles. The Bertz CT molecular complexity index is 472. The van der Waals surface area contributed by atoms with Crippen LogP contribution >= 0.6 is 27.5 Å². The summed E-state index contributed by atoms with van der Waals surface area (Å²) in [6.45, 7) is 0. The summed E-state index contributed by atoms with van der Waals surface area (Å²) in [7, 11) is 0. The second-order valence-electron chi connectivity index (χ2n) is 2.55. The first kappa shape index (κ1) is 8.72. The van der Waals surface area contributed by atoms with E-state index >= 15 is 0 Å². The third-order valence-electron chi connectivity index (χ3n) is 1.61. The molecule has 0 saturated carbocycles. The number of aromatic nitrogens is 2. The molecule has 5 heteroatoms. The lowest BCUT2D eigenvalue weighted by molar-refractivity contribution is 1.33. The first-order valence-corrected chi connectivity index (χ1v) is 4.71. The van der Waals surface area contributed by atoms with E-state index in [2.05, 4.69) is 25.9 Å². The van der Waals surface area contributed by atoms with Crippen molar-refractivity contribution in [3.8, 4) is 0 Å². The number of rotatable bonds is 0. The smallest absolute Gasteiger partial charge is 0.143 e. The Morgan fingerprint density at radius 3 is 2.85 bits per heavy atom. The molecule has 0 bridgehead atoms. The van der Waals surface area contributed by atoms with Crippen molar-refractivity contribution in [1.82, 2.24) is 9.97 Å². The zero-order valence-electron chi connectivity index (χ0n) is 6.46. The average molecular weight is 259 g/mol. The van der Waals surface area contributed by atoms with Crippen LogP contribution in [0.5, 0.6) is 0 Å². The highest BCUT2D eigenvalue weighted by atomic mass is 79.9. The molecule has 0 unspecified atom stereocenters. The summed E-state index contributed by atoms with van der Waals surface area (Å²) in [6, 6.07) is 3.54. The van der Waals surface area contributed by atoms with Crippen LogP contribution in [-0.2, 0) is 0 Å². The summed E-state index contributed by atoms with van der Waals surface area (Å²) in [6.07, 6.45) is 1.69. The molecule has 13 heavy (non-hydrogen) atoms. The highest BCUT2D eigenvalue weighted by Gasteiger charge is 2.02. The highest BCUT2D eigenvalue weighted by Crippen LogP contribution is 2.22. The molecule has 3 nitrogen and oxygen atoms in total. The normalized spacial score (nSPS) is 10.6. The molecule has 2 aromatic rings. The van der Waals surface area contributed by atoms with E-state index in [9.17, 15) is 0 Å². The van der Waals surface area contributed by atoms with E-state index in [4.69, 9.17) is 17.3 Å². The molecule has 0 fully saturated rings. The Morgan fingerprint density at radius 2 is 2.08 bits per heavy atom. The van der Waals surface area contributed by atoms with Gasteiger partial charge in [0.05, 0.1) is 16.1 Å². The van der Waals surface area contributed by atoms with Crippen molar-refractivity contribution < 1.29 is 0 Å². The maximum atomic E-state index is 5.79. The van der Waals surface area contributed by atoms with Crippen LogP contribution in [0.1, 0.15) is 0 Å². The maximum Gasteiger partial charge on any atom is 0.143 e. The number of nitrogen functional groups attached to an aromatic ring is 1. The molecular weight excluding hydrogens is 253 g/mol. The summed E-state index contributed by atoms with van der Waals surface area (Å²) in [5, 5.41) is 0.433. The minimum Gasteiger partial charge on any atom is -0.382 e. The minimum absolute atomic E-state index is 0.328. The Hall–Kier alpha value is -0.870. The van der Waals surface area contributed by atoms with Crippen molar-refractivity contribution in [3.05, 3.63) is 27.8 Å². The predicted octanol–water partition coefficient (Wildman–Crippen LogP) is 2.63. The number of fused-ring (bicyclic) bond motifs is 1. The third kappa shape index (κ3) is 1.59. The second kappa shape index (κ2) is 3.12. The van der Waals surface area contributed by atoms with E-state index in [1.807, 2.05) is 6.07 Å². The summed E-state index contributed by atoms with van der Waals surface area (Å²) in [5.74, 6) is 0.328. The van der Waals surface area contributed by atoms with Gasteiger partial charge in [-0.25, -0.2) is 4.98 Å². The number of halogens is 2. The molecule has 0 spiro atoms. The van der Waals surface area contributed by atoms with Gasteiger partial charge in [0.2, 0.25) is 0 Å². The number of hydrogen-bond acceptors (Lipinski definition) is 3. The Labute approximate surface area is 88.1 Å². The van der Waals surface area contributed by atoms with Gasteiger partial charge < -0.3 is 5.73 Å². The zero-order chi connectivity index (χ0) is 9.42. The fraction of sp³-hybridized carbons (Fsp3) is 0. The molecule has 0 atom stereocenters. The van der Waals surface area contributed by atoms with Crippen molar-refractivity contribution in [2.45, 2.75) is 0 Å². The van der Waals surface area contributed by atoms with Crippen molar-refractivity contribution in [2.75, 3.05) is 5.73 Å². The lowest BCUT2D eigenvalue weighted by Gasteiger charge is -2.00. The molecule has 0 amide bonds. The lowest BCUT2D eigenvalue weighted by atomic mass is 10.3. The fourth-order valence-electron chi connectivity index (χ4n) is 1.02. The number of anilines is 1. The number of hydrogen-bond donors (Lipinski definition) is 1. The standard InChI is InChI=1S/C8H5BrClN3/c9-4-1-7-6(12-3-4)2-5(10)8(11)13-7/h1-3H,(H2,11,13). The van der Waals surface area contributed by atoms with Gasteiger partial charge in [0.1, 0.15) is 5.82 Å². The van der Waals surface area contributed by atoms with E-state index < -0.39 is 0 Å². The summed E-state index contributed by atoms with van der Waals surface area (Å²) < 4.78 is 0.870. The van der Waals surface area contributed by atoms with Crippen LogP contribution in [-0.4, -0.2) is 9.97 Å². The van der Waals surface area contributed by atoms with Crippen LogP contribution in [0.4, 0.5) is 5.82 Å². The van der Waals surface area contributed by atoms with Gasteiger partial charge >= 0.3 is 0 Å². The van der Waals surface area contributed by atoms with Crippen LogP contribution in [0, 0.1) is 0 Å². The van der Waals surface area contributed by atoms with E-state index in [0.717, 1.165) is 15.5 Å². The van der Waals surface area contributed by atoms with Crippen molar-refractivity contribution in [1.29, 1.82) is 0 Å². The topological polar surface area (TPSA) is 51.8 Å². The molecule has 0 saturated heterocycles. The molecule has 2 heterocycles. The SMILES string of the molecule is Nc1nc2cc(Br)cnc2cc1Cl. The Morgan fingerprint density at radius 1 is 1.31 bits per heavy atom. The van der Waals surface area contributed by atoms with Gasteiger partial charge in [0.25, 0.3) is 0 Å². The van der Waals surface area contributed by atoms with Gasteiger partial charge in [0, 0.05) is 10.7 Å². The quantitative estimate of drug-likeness (QED) is 0.790. The zero-order valence-corrected chi connectivity index (χ0v) is 8.80.